The van der Waals surface area contributed by atoms with E-state index in [0.29, 0.717) is 33.5 Å². The van der Waals surface area contributed by atoms with E-state index in [1.54, 1.807) is 47.1 Å². The van der Waals surface area contributed by atoms with Crippen LogP contribution < -0.4 is 10.1 Å². The first kappa shape index (κ1) is 23.7. The molecule has 0 aliphatic rings. The molecule has 0 saturated heterocycles. The van der Waals surface area contributed by atoms with Gasteiger partial charge < -0.3 is 10.1 Å². The molecule has 0 bridgehead atoms. The molecule has 0 aliphatic carbocycles. The molecule has 0 atom stereocenters. The van der Waals surface area contributed by atoms with E-state index in [4.69, 9.17) is 27.9 Å². The molecule has 4 rings (SSSR count). The molecule has 0 spiro atoms. The van der Waals surface area contributed by atoms with Crippen LogP contribution in [0, 0.1) is 18.6 Å². The minimum absolute atomic E-state index is 0.0149. The van der Waals surface area contributed by atoms with E-state index in [-0.39, 0.29) is 18.3 Å². The SMILES string of the molecule is Cc1cc(NC(=O)c2cccc(COc3ccc(F)cc3F)c2)nn1Cc1ccc(Cl)c(Cl)c1. The molecule has 5 nitrogen and oxygen atoms in total. The number of hydrogen-bond donors (Lipinski definition) is 1. The Hall–Kier alpha value is -3.42. The highest BCUT2D eigenvalue weighted by Crippen LogP contribution is 2.24. The molecular weight excluding hydrogens is 483 g/mol. The van der Waals surface area contributed by atoms with Gasteiger partial charge in [-0.3, -0.25) is 9.48 Å². The van der Waals surface area contributed by atoms with Gasteiger partial charge in [0.1, 0.15) is 12.4 Å². The van der Waals surface area contributed by atoms with Crippen LogP contribution in [0.15, 0.2) is 66.7 Å². The second-order valence-electron chi connectivity index (χ2n) is 7.59. The predicted molar refractivity (Wildman–Crippen MR) is 128 cm³/mol. The zero-order valence-electron chi connectivity index (χ0n) is 18.0. The van der Waals surface area contributed by atoms with Crippen LogP contribution in [0.1, 0.15) is 27.2 Å². The number of carbonyl (C=O) groups excluding carboxylic acids is 1. The van der Waals surface area contributed by atoms with Crippen LogP contribution in [-0.2, 0) is 13.2 Å². The van der Waals surface area contributed by atoms with Gasteiger partial charge in [0.05, 0.1) is 16.6 Å². The maximum Gasteiger partial charge on any atom is 0.256 e. The summed E-state index contributed by atoms with van der Waals surface area (Å²) in [5.41, 5.74) is 2.81. The Morgan fingerprint density at radius 1 is 1.00 bits per heavy atom. The molecule has 34 heavy (non-hydrogen) atoms. The van der Waals surface area contributed by atoms with Gasteiger partial charge in [-0.25, -0.2) is 8.78 Å². The van der Waals surface area contributed by atoms with E-state index < -0.39 is 11.6 Å². The van der Waals surface area contributed by atoms with Crippen molar-refractivity contribution >= 4 is 34.9 Å². The lowest BCUT2D eigenvalue weighted by Gasteiger charge is -2.09. The highest BCUT2D eigenvalue weighted by atomic mass is 35.5. The molecule has 1 aromatic heterocycles. The first-order chi connectivity index (χ1) is 16.3. The van der Waals surface area contributed by atoms with Crippen LogP contribution in [0.5, 0.6) is 5.75 Å². The van der Waals surface area contributed by atoms with Crippen molar-refractivity contribution in [2.24, 2.45) is 0 Å². The molecule has 9 heteroatoms. The van der Waals surface area contributed by atoms with Crippen LogP contribution in [0.3, 0.4) is 0 Å². The number of nitrogens with zero attached hydrogens (tertiary/aromatic N) is 2. The molecule has 0 aliphatic heterocycles. The van der Waals surface area contributed by atoms with Crippen LogP contribution in [0.25, 0.3) is 0 Å². The van der Waals surface area contributed by atoms with Crippen molar-refractivity contribution in [3.63, 3.8) is 0 Å². The van der Waals surface area contributed by atoms with Crippen molar-refractivity contribution in [2.75, 3.05) is 5.32 Å². The monoisotopic (exact) mass is 501 g/mol. The Morgan fingerprint density at radius 2 is 1.82 bits per heavy atom. The number of aryl methyl sites for hydroxylation is 1. The van der Waals surface area contributed by atoms with Crippen molar-refractivity contribution in [3.8, 4) is 5.75 Å². The Balaban J connectivity index is 1.41. The minimum atomic E-state index is -0.791. The second kappa shape index (κ2) is 10.2. The summed E-state index contributed by atoms with van der Waals surface area (Å²) in [6, 6.07) is 16.9. The van der Waals surface area contributed by atoms with Crippen molar-refractivity contribution in [1.82, 2.24) is 9.78 Å². The first-order valence-electron chi connectivity index (χ1n) is 10.2. The summed E-state index contributed by atoms with van der Waals surface area (Å²) >= 11 is 12.1. The van der Waals surface area contributed by atoms with Gasteiger partial charge >= 0.3 is 0 Å². The summed E-state index contributed by atoms with van der Waals surface area (Å²) in [4.78, 5) is 12.8. The third-order valence-electron chi connectivity index (χ3n) is 5.02. The zero-order valence-corrected chi connectivity index (χ0v) is 19.5. The van der Waals surface area contributed by atoms with Gasteiger partial charge in [-0.1, -0.05) is 41.4 Å². The summed E-state index contributed by atoms with van der Waals surface area (Å²) in [6.07, 6.45) is 0. The van der Waals surface area contributed by atoms with Crippen molar-refractivity contribution < 1.29 is 18.3 Å². The standard InChI is InChI=1S/C25H19Cl2F2N3O2/c1-15-9-24(31-32(15)13-16-5-7-20(26)21(27)11-16)30-25(33)18-4-2-3-17(10-18)14-34-23-8-6-19(28)12-22(23)29/h2-12H,13-14H2,1H3,(H,30,31,33). The number of anilines is 1. The summed E-state index contributed by atoms with van der Waals surface area (Å²) in [6.45, 7) is 2.36. The van der Waals surface area contributed by atoms with E-state index in [1.807, 2.05) is 13.0 Å². The Morgan fingerprint density at radius 3 is 2.59 bits per heavy atom. The molecule has 1 N–H and O–H groups in total. The lowest BCUT2D eigenvalue weighted by molar-refractivity contribution is 0.102. The topological polar surface area (TPSA) is 56.1 Å². The maximum absolute atomic E-state index is 13.8. The lowest BCUT2D eigenvalue weighted by Crippen LogP contribution is -2.13. The van der Waals surface area contributed by atoms with Crippen LogP contribution in [0.4, 0.5) is 14.6 Å². The molecule has 0 radical (unpaired) electrons. The van der Waals surface area contributed by atoms with E-state index in [1.165, 1.54) is 6.07 Å². The van der Waals surface area contributed by atoms with E-state index in [2.05, 4.69) is 10.4 Å². The molecule has 0 saturated carbocycles. The minimum Gasteiger partial charge on any atom is -0.486 e. The van der Waals surface area contributed by atoms with Gasteiger partial charge in [0.25, 0.3) is 5.91 Å². The molecule has 1 amide bonds. The van der Waals surface area contributed by atoms with Crippen LogP contribution in [0.2, 0.25) is 10.0 Å². The fraction of sp³-hybridized carbons (Fsp3) is 0.120. The normalized spacial score (nSPS) is 10.9. The lowest BCUT2D eigenvalue weighted by atomic mass is 10.1. The fourth-order valence-electron chi connectivity index (χ4n) is 3.29. The number of amides is 1. The van der Waals surface area contributed by atoms with E-state index >= 15 is 0 Å². The van der Waals surface area contributed by atoms with E-state index in [9.17, 15) is 13.6 Å². The number of carbonyl (C=O) groups is 1. The number of halogens is 4. The average molecular weight is 502 g/mol. The number of hydrogen-bond acceptors (Lipinski definition) is 3. The summed E-state index contributed by atoms with van der Waals surface area (Å²) in [5, 5.41) is 8.17. The van der Waals surface area contributed by atoms with Crippen molar-refractivity contribution in [3.05, 3.63) is 111 Å². The number of rotatable bonds is 7. The highest BCUT2D eigenvalue weighted by Gasteiger charge is 2.12. The quantitative estimate of drug-likeness (QED) is 0.308. The maximum atomic E-state index is 13.8. The molecule has 0 unspecified atom stereocenters. The van der Waals surface area contributed by atoms with Crippen molar-refractivity contribution in [2.45, 2.75) is 20.1 Å². The third-order valence-corrected chi connectivity index (χ3v) is 5.76. The summed E-state index contributed by atoms with van der Waals surface area (Å²) < 4.78 is 34.0. The smallest absolute Gasteiger partial charge is 0.256 e. The second-order valence-corrected chi connectivity index (χ2v) is 8.41. The third kappa shape index (κ3) is 5.73. The summed E-state index contributed by atoms with van der Waals surface area (Å²) in [7, 11) is 0. The average Bonchev–Trinajstić information content (AvgIpc) is 3.14. The predicted octanol–water partition coefficient (Wildman–Crippen LogP) is 6.66. The van der Waals surface area contributed by atoms with Crippen LogP contribution >= 0.6 is 23.2 Å². The number of aromatic nitrogens is 2. The highest BCUT2D eigenvalue weighted by molar-refractivity contribution is 6.42. The zero-order chi connectivity index (χ0) is 24.2. The van der Waals surface area contributed by atoms with Gasteiger partial charge in [-0.2, -0.15) is 5.10 Å². The van der Waals surface area contributed by atoms with E-state index in [0.717, 1.165) is 23.4 Å². The van der Waals surface area contributed by atoms with Gasteiger partial charge in [-0.05, 0) is 54.4 Å². The Labute approximate surface area is 204 Å². The number of benzene rings is 3. The number of ether oxygens (including phenoxy) is 1. The van der Waals surface area contributed by atoms with Gasteiger partial charge in [0, 0.05) is 23.4 Å². The van der Waals surface area contributed by atoms with Crippen LogP contribution in [-0.4, -0.2) is 15.7 Å². The fourth-order valence-corrected chi connectivity index (χ4v) is 3.61. The Kier molecular flexibility index (Phi) is 7.14. The van der Waals surface area contributed by atoms with Gasteiger partial charge in [0.15, 0.2) is 17.4 Å². The van der Waals surface area contributed by atoms with Gasteiger partial charge in [-0.15, -0.1) is 0 Å². The number of nitrogens with one attached hydrogen (secondary N) is 1. The molecule has 3 aromatic carbocycles. The molecule has 174 valence electrons. The molecule has 1 heterocycles. The molecule has 0 fully saturated rings. The molecule has 4 aromatic rings. The van der Waals surface area contributed by atoms with Crippen molar-refractivity contribution in [1.29, 1.82) is 0 Å². The Bertz CT molecular complexity index is 1360. The first-order valence-corrected chi connectivity index (χ1v) is 11.0. The van der Waals surface area contributed by atoms with Gasteiger partial charge in [0.2, 0.25) is 0 Å². The largest absolute Gasteiger partial charge is 0.486 e. The summed E-state index contributed by atoms with van der Waals surface area (Å²) in [5.74, 6) is -1.50. The molecular formula is C25H19Cl2F2N3O2.